The molecule has 0 fully saturated rings. The molecule has 2 heterocycles. The normalized spacial score (nSPS) is 11.2. The molecular formula is C13H15N3O5S. The number of aromatic nitrogens is 3. The topological polar surface area (TPSA) is 100 Å². The number of rotatable bonds is 5. The van der Waals surface area contributed by atoms with Crippen molar-refractivity contribution in [3.63, 3.8) is 0 Å². The van der Waals surface area contributed by atoms with Crippen molar-refractivity contribution in [2.24, 2.45) is 0 Å². The minimum absolute atomic E-state index is 0.0583. The van der Waals surface area contributed by atoms with Crippen LogP contribution in [0.1, 0.15) is 17.4 Å². The van der Waals surface area contributed by atoms with Gasteiger partial charge in [-0.25, -0.2) is 18.2 Å². The lowest BCUT2D eigenvalue weighted by Gasteiger charge is -2.06. The summed E-state index contributed by atoms with van der Waals surface area (Å²) in [6.07, 6.45) is 2.69. The van der Waals surface area contributed by atoms with E-state index in [1.807, 2.05) is 0 Å². The van der Waals surface area contributed by atoms with Crippen LogP contribution in [-0.4, -0.2) is 48.5 Å². The predicted molar refractivity (Wildman–Crippen MR) is 78.2 cm³/mol. The van der Waals surface area contributed by atoms with Crippen LogP contribution in [0.2, 0.25) is 0 Å². The van der Waals surface area contributed by atoms with E-state index in [1.54, 1.807) is 6.07 Å². The largest absolute Gasteiger partial charge is 0.497 e. The molecule has 0 aliphatic heterocycles. The summed E-state index contributed by atoms with van der Waals surface area (Å²) in [4.78, 5) is 15.8. The molecule has 0 unspecified atom stereocenters. The third-order valence-electron chi connectivity index (χ3n) is 2.93. The van der Waals surface area contributed by atoms with Gasteiger partial charge in [-0.05, 0) is 6.92 Å². The van der Waals surface area contributed by atoms with E-state index in [-0.39, 0.29) is 11.4 Å². The minimum atomic E-state index is -3.48. The second kappa shape index (κ2) is 6.14. The standard InChI is InChI=1S/C13H15N3O5S/c1-4-22(18,19)16-8-9(7-14-16)11-5-10(20-2)6-12(15-11)13(17)21-3/h5-8H,4H2,1-3H3. The maximum Gasteiger partial charge on any atom is 0.356 e. The van der Waals surface area contributed by atoms with Crippen LogP contribution in [0.5, 0.6) is 5.75 Å². The zero-order valence-electron chi connectivity index (χ0n) is 12.3. The first-order chi connectivity index (χ1) is 10.4. The van der Waals surface area contributed by atoms with E-state index in [9.17, 15) is 13.2 Å². The molecule has 0 radical (unpaired) electrons. The van der Waals surface area contributed by atoms with Crippen LogP contribution in [0.25, 0.3) is 11.3 Å². The molecule has 0 saturated carbocycles. The summed E-state index contributed by atoms with van der Waals surface area (Å²) < 4.78 is 34.2. The molecule has 2 aromatic heterocycles. The Balaban J connectivity index is 2.51. The lowest BCUT2D eigenvalue weighted by molar-refractivity contribution is 0.0593. The number of nitrogens with zero attached hydrogens (tertiary/aromatic N) is 3. The molecule has 0 atom stereocenters. The second-order valence-electron chi connectivity index (χ2n) is 4.27. The molecule has 22 heavy (non-hydrogen) atoms. The van der Waals surface area contributed by atoms with Gasteiger partial charge in [-0.15, -0.1) is 0 Å². The Hall–Kier alpha value is -2.42. The third-order valence-corrected chi connectivity index (χ3v) is 4.43. The summed E-state index contributed by atoms with van der Waals surface area (Å²) in [5.41, 5.74) is 0.862. The molecule has 0 spiro atoms. The van der Waals surface area contributed by atoms with E-state index in [0.717, 1.165) is 4.09 Å². The Bertz CT molecular complexity index is 798. The van der Waals surface area contributed by atoms with E-state index in [1.165, 1.54) is 39.6 Å². The molecule has 118 valence electrons. The Labute approximate surface area is 127 Å². The van der Waals surface area contributed by atoms with Gasteiger partial charge in [-0.1, -0.05) is 0 Å². The fourth-order valence-electron chi connectivity index (χ4n) is 1.70. The number of carbonyl (C=O) groups excluding carboxylic acids is 1. The summed E-state index contributed by atoms with van der Waals surface area (Å²) in [5.74, 6) is -0.294. The number of hydrogen-bond acceptors (Lipinski definition) is 7. The van der Waals surface area contributed by atoms with Gasteiger partial charge < -0.3 is 9.47 Å². The Morgan fingerprint density at radius 3 is 2.64 bits per heavy atom. The number of esters is 1. The van der Waals surface area contributed by atoms with Gasteiger partial charge >= 0.3 is 5.97 Å². The highest BCUT2D eigenvalue weighted by Gasteiger charge is 2.16. The van der Waals surface area contributed by atoms with Crippen LogP contribution in [-0.2, 0) is 14.8 Å². The van der Waals surface area contributed by atoms with Gasteiger partial charge in [-0.3, -0.25) is 0 Å². The second-order valence-corrected chi connectivity index (χ2v) is 6.39. The fraction of sp³-hybridized carbons (Fsp3) is 0.308. The summed E-state index contributed by atoms with van der Waals surface area (Å²) in [6, 6.07) is 3.01. The average molecular weight is 325 g/mol. The molecule has 8 nitrogen and oxygen atoms in total. The SMILES string of the molecule is CCS(=O)(=O)n1cc(-c2cc(OC)cc(C(=O)OC)n2)cn1. The highest BCUT2D eigenvalue weighted by Crippen LogP contribution is 2.23. The summed E-state index contributed by atoms with van der Waals surface area (Å²) in [5, 5.41) is 3.82. The van der Waals surface area contributed by atoms with Crippen molar-refractivity contribution < 1.29 is 22.7 Å². The van der Waals surface area contributed by atoms with Gasteiger partial charge in [0.25, 0.3) is 10.0 Å². The third kappa shape index (κ3) is 3.08. The van der Waals surface area contributed by atoms with E-state index >= 15 is 0 Å². The van der Waals surface area contributed by atoms with Gasteiger partial charge in [0, 0.05) is 17.7 Å². The summed E-state index contributed by atoms with van der Waals surface area (Å²) >= 11 is 0. The van der Waals surface area contributed by atoms with Crippen LogP contribution in [0.15, 0.2) is 24.5 Å². The van der Waals surface area contributed by atoms with Crippen LogP contribution in [0.4, 0.5) is 0 Å². The first-order valence-electron chi connectivity index (χ1n) is 6.34. The van der Waals surface area contributed by atoms with Crippen molar-refractivity contribution >= 4 is 16.0 Å². The molecule has 2 aromatic rings. The Kier molecular flexibility index (Phi) is 4.45. The Morgan fingerprint density at radius 2 is 2.05 bits per heavy atom. The number of pyridine rings is 1. The van der Waals surface area contributed by atoms with Crippen molar-refractivity contribution in [3.8, 4) is 17.0 Å². The van der Waals surface area contributed by atoms with Crippen molar-refractivity contribution in [2.45, 2.75) is 6.92 Å². The highest BCUT2D eigenvalue weighted by atomic mass is 32.2. The molecule has 0 aliphatic carbocycles. The maximum atomic E-state index is 11.8. The van der Waals surface area contributed by atoms with E-state index < -0.39 is 16.0 Å². The van der Waals surface area contributed by atoms with Gasteiger partial charge in [0.1, 0.15) is 5.75 Å². The van der Waals surface area contributed by atoms with Gasteiger partial charge in [0.2, 0.25) is 0 Å². The maximum absolute atomic E-state index is 11.8. The van der Waals surface area contributed by atoms with Crippen molar-refractivity contribution in [3.05, 3.63) is 30.2 Å². The number of carbonyl (C=O) groups is 1. The average Bonchev–Trinajstić information content (AvgIpc) is 3.04. The monoisotopic (exact) mass is 325 g/mol. The van der Waals surface area contributed by atoms with Gasteiger partial charge in [0.15, 0.2) is 5.69 Å². The molecule has 0 saturated heterocycles. The van der Waals surface area contributed by atoms with E-state index in [0.29, 0.717) is 17.0 Å². The molecular weight excluding hydrogens is 310 g/mol. The summed E-state index contributed by atoms with van der Waals surface area (Å²) in [7, 11) is -0.783. The van der Waals surface area contributed by atoms with Gasteiger partial charge in [-0.2, -0.15) is 9.19 Å². The smallest absolute Gasteiger partial charge is 0.356 e. The van der Waals surface area contributed by atoms with Crippen molar-refractivity contribution in [1.82, 2.24) is 14.2 Å². The van der Waals surface area contributed by atoms with Crippen LogP contribution in [0, 0.1) is 0 Å². The predicted octanol–water partition coefficient (Wildman–Crippen LogP) is 0.938. The quantitative estimate of drug-likeness (QED) is 0.754. The van der Waals surface area contributed by atoms with Gasteiger partial charge in [0.05, 0.1) is 38.1 Å². The number of ether oxygens (including phenoxy) is 2. The van der Waals surface area contributed by atoms with Crippen molar-refractivity contribution in [2.75, 3.05) is 20.0 Å². The zero-order valence-corrected chi connectivity index (χ0v) is 13.1. The van der Waals surface area contributed by atoms with E-state index in [2.05, 4.69) is 14.8 Å². The lowest BCUT2D eigenvalue weighted by Crippen LogP contribution is -2.14. The number of hydrogen-bond donors (Lipinski definition) is 0. The lowest BCUT2D eigenvalue weighted by atomic mass is 10.2. The molecule has 0 N–H and O–H groups in total. The molecule has 2 rings (SSSR count). The highest BCUT2D eigenvalue weighted by molar-refractivity contribution is 7.89. The molecule has 0 bridgehead atoms. The Morgan fingerprint density at radius 1 is 1.32 bits per heavy atom. The first-order valence-corrected chi connectivity index (χ1v) is 7.95. The minimum Gasteiger partial charge on any atom is -0.497 e. The van der Waals surface area contributed by atoms with Crippen molar-refractivity contribution in [1.29, 1.82) is 0 Å². The van der Waals surface area contributed by atoms with E-state index in [4.69, 9.17) is 4.74 Å². The zero-order chi connectivity index (χ0) is 16.3. The molecule has 0 aliphatic rings. The van der Waals surface area contributed by atoms with Crippen LogP contribution < -0.4 is 4.74 Å². The molecule has 9 heteroatoms. The first kappa shape index (κ1) is 16.0. The number of methoxy groups -OCH3 is 2. The van der Waals surface area contributed by atoms with Crippen LogP contribution >= 0.6 is 0 Å². The molecule has 0 amide bonds. The van der Waals surface area contributed by atoms with Crippen LogP contribution in [0.3, 0.4) is 0 Å². The fourth-order valence-corrected chi connectivity index (χ4v) is 2.43. The summed E-state index contributed by atoms with van der Waals surface area (Å²) in [6.45, 7) is 1.52. The molecule has 0 aromatic carbocycles.